The molecule has 3 nitrogen and oxygen atoms in total. The van der Waals surface area contributed by atoms with Gasteiger partial charge in [0.15, 0.2) is 0 Å². The second-order valence-corrected chi connectivity index (χ2v) is 13.1. The van der Waals surface area contributed by atoms with Crippen LogP contribution in [0.1, 0.15) is 11.1 Å². The van der Waals surface area contributed by atoms with Crippen LogP contribution in [0.2, 0.25) is 0 Å². The van der Waals surface area contributed by atoms with Crippen LogP contribution in [0, 0.1) is 0 Å². The maximum Gasteiger partial charge on any atom is 0.137 e. The monoisotopic (exact) mass is 652 g/mol. The number of hydrogen-bond donors (Lipinski definition) is 0. The van der Waals surface area contributed by atoms with Crippen molar-refractivity contribution in [3.63, 3.8) is 0 Å². The summed E-state index contributed by atoms with van der Waals surface area (Å²) in [6.45, 7) is 4.55. The van der Waals surface area contributed by atoms with Crippen molar-refractivity contribution in [1.82, 2.24) is 4.57 Å². The average Bonchev–Trinajstić information content (AvgIpc) is 3.71. The van der Waals surface area contributed by atoms with E-state index in [1.54, 1.807) is 0 Å². The first-order valence-electron chi connectivity index (χ1n) is 17.3. The van der Waals surface area contributed by atoms with Crippen LogP contribution in [0.4, 0.5) is 11.4 Å². The van der Waals surface area contributed by atoms with Gasteiger partial charge in [-0.1, -0.05) is 110 Å². The molecule has 0 N–H and O–H groups in total. The fourth-order valence-corrected chi connectivity index (χ4v) is 7.63. The molecule has 9 aromatic rings. The van der Waals surface area contributed by atoms with Crippen LogP contribution in [0.25, 0.3) is 71.7 Å². The number of allylic oxidation sites excluding steroid dienone is 4. The molecule has 0 saturated carbocycles. The molecule has 0 radical (unpaired) electrons. The van der Waals surface area contributed by atoms with Crippen molar-refractivity contribution in [3.05, 3.63) is 200 Å². The van der Waals surface area contributed by atoms with Crippen molar-refractivity contribution in [2.24, 2.45) is 0 Å². The molecule has 0 aliphatic carbocycles. The number of nitrogens with zero attached hydrogens (tertiary/aromatic N) is 2. The maximum absolute atomic E-state index is 6.41. The fourth-order valence-electron chi connectivity index (χ4n) is 7.63. The van der Waals surface area contributed by atoms with Crippen molar-refractivity contribution in [2.45, 2.75) is 0 Å². The lowest BCUT2D eigenvalue weighted by molar-refractivity contribution is 0.669. The SMILES string of the molecule is C=C1/C=C(c2ccc3c(c2)c2cc4c(cc2n3-c2ccc(-c3ccccc3)cc2)oc2ccccc24)\C=C/N(c2ccccc2)c2ccccc21. The summed E-state index contributed by atoms with van der Waals surface area (Å²) in [4.78, 5) is 2.25. The molecule has 0 saturated heterocycles. The predicted octanol–water partition coefficient (Wildman–Crippen LogP) is 13.1. The van der Waals surface area contributed by atoms with Gasteiger partial charge in [0.05, 0.1) is 16.7 Å². The Morgan fingerprint density at radius 3 is 2.00 bits per heavy atom. The zero-order chi connectivity index (χ0) is 33.9. The van der Waals surface area contributed by atoms with Crippen LogP contribution < -0.4 is 4.90 Å². The minimum absolute atomic E-state index is 0.885. The van der Waals surface area contributed by atoms with Gasteiger partial charge in [0.2, 0.25) is 0 Å². The van der Waals surface area contributed by atoms with Gasteiger partial charge in [-0.15, -0.1) is 0 Å². The van der Waals surface area contributed by atoms with Crippen LogP contribution in [0.3, 0.4) is 0 Å². The maximum atomic E-state index is 6.41. The summed E-state index contributed by atoms with van der Waals surface area (Å²) >= 11 is 0. The molecule has 240 valence electrons. The summed E-state index contributed by atoms with van der Waals surface area (Å²) in [5, 5.41) is 4.61. The van der Waals surface area contributed by atoms with E-state index >= 15 is 0 Å². The summed E-state index contributed by atoms with van der Waals surface area (Å²) in [5.74, 6) is 0. The number of para-hydroxylation sites is 3. The van der Waals surface area contributed by atoms with Gasteiger partial charge in [-0.2, -0.15) is 0 Å². The summed E-state index contributed by atoms with van der Waals surface area (Å²) in [5.41, 5.74) is 14.0. The molecule has 7 aromatic carbocycles. The molecule has 0 fully saturated rings. The molecule has 0 amide bonds. The largest absolute Gasteiger partial charge is 0.456 e. The van der Waals surface area contributed by atoms with E-state index in [1.807, 2.05) is 12.1 Å². The van der Waals surface area contributed by atoms with E-state index in [2.05, 4.69) is 186 Å². The van der Waals surface area contributed by atoms with Gasteiger partial charge in [-0.25, -0.2) is 0 Å². The summed E-state index contributed by atoms with van der Waals surface area (Å²) in [7, 11) is 0. The second kappa shape index (κ2) is 11.6. The van der Waals surface area contributed by atoms with Gasteiger partial charge in [0.1, 0.15) is 11.2 Å². The van der Waals surface area contributed by atoms with Gasteiger partial charge >= 0.3 is 0 Å². The third-order valence-corrected chi connectivity index (χ3v) is 10.1. The smallest absolute Gasteiger partial charge is 0.137 e. The van der Waals surface area contributed by atoms with E-state index in [-0.39, 0.29) is 0 Å². The summed E-state index contributed by atoms with van der Waals surface area (Å²) in [6, 6.07) is 58.0. The number of furan rings is 1. The Bertz CT molecular complexity index is 2850. The van der Waals surface area contributed by atoms with Gasteiger partial charge < -0.3 is 13.9 Å². The normalized spacial score (nSPS) is 14.8. The minimum Gasteiger partial charge on any atom is -0.456 e. The number of benzene rings is 7. The number of hydrogen-bond acceptors (Lipinski definition) is 2. The molecule has 3 heterocycles. The van der Waals surface area contributed by atoms with E-state index in [1.165, 1.54) is 21.9 Å². The Morgan fingerprint density at radius 2 is 1.16 bits per heavy atom. The second-order valence-electron chi connectivity index (χ2n) is 13.1. The zero-order valence-electron chi connectivity index (χ0n) is 27.8. The molecular weight excluding hydrogens is 621 g/mol. The lowest BCUT2D eigenvalue weighted by atomic mass is 9.95. The van der Waals surface area contributed by atoms with Crippen molar-refractivity contribution < 1.29 is 4.42 Å². The van der Waals surface area contributed by atoms with Crippen molar-refractivity contribution >= 4 is 66.3 Å². The van der Waals surface area contributed by atoms with E-state index in [9.17, 15) is 0 Å². The van der Waals surface area contributed by atoms with Gasteiger partial charge in [-0.3, -0.25) is 0 Å². The van der Waals surface area contributed by atoms with Crippen molar-refractivity contribution in [2.75, 3.05) is 4.90 Å². The Morgan fingerprint density at radius 1 is 0.471 bits per heavy atom. The third-order valence-electron chi connectivity index (χ3n) is 10.1. The Labute approximate surface area is 295 Å². The number of rotatable bonds is 4. The highest BCUT2D eigenvalue weighted by Gasteiger charge is 2.19. The highest BCUT2D eigenvalue weighted by molar-refractivity contribution is 6.18. The quantitative estimate of drug-likeness (QED) is 0.189. The molecule has 0 unspecified atom stereocenters. The van der Waals surface area contributed by atoms with Crippen LogP contribution >= 0.6 is 0 Å². The molecule has 0 bridgehead atoms. The van der Waals surface area contributed by atoms with Gasteiger partial charge in [0.25, 0.3) is 0 Å². The lowest BCUT2D eigenvalue weighted by Gasteiger charge is -2.26. The third kappa shape index (κ3) is 4.82. The molecule has 0 atom stereocenters. The molecule has 2 aromatic heterocycles. The number of fused-ring (bicyclic) bond motifs is 7. The van der Waals surface area contributed by atoms with Crippen LogP contribution in [-0.2, 0) is 0 Å². The molecule has 3 heteroatoms. The zero-order valence-corrected chi connectivity index (χ0v) is 27.8. The Hall–Kier alpha value is -6.84. The Kier molecular flexibility index (Phi) is 6.65. The highest BCUT2D eigenvalue weighted by Crippen LogP contribution is 2.41. The summed E-state index contributed by atoms with van der Waals surface area (Å²) in [6.07, 6.45) is 6.59. The first-order valence-corrected chi connectivity index (χ1v) is 17.3. The van der Waals surface area contributed by atoms with E-state index in [0.717, 1.165) is 72.3 Å². The molecule has 51 heavy (non-hydrogen) atoms. The molecule has 1 aliphatic heterocycles. The number of aromatic nitrogens is 1. The van der Waals surface area contributed by atoms with Gasteiger partial charge in [-0.05, 0) is 94.6 Å². The molecule has 0 spiro atoms. The highest BCUT2D eigenvalue weighted by atomic mass is 16.3. The lowest BCUT2D eigenvalue weighted by Crippen LogP contribution is -2.11. The van der Waals surface area contributed by atoms with Crippen LogP contribution in [0.15, 0.2) is 193 Å². The fraction of sp³-hybridized carbons (Fsp3) is 0. The van der Waals surface area contributed by atoms with Gasteiger partial charge in [0, 0.05) is 50.7 Å². The summed E-state index contributed by atoms with van der Waals surface area (Å²) < 4.78 is 8.78. The first kappa shape index (κ1) is 29.1. The minimum atomic E-state index is 0.885. The Balaban J connectivity index is 1.18. The molecular formula is C48H32N2O. The van der Waals surface area contributed by atoms with Crippen LogP contribution in [0.5, 0.6) is 0 Å². The average molecular weight is 653 g/mol. The predicted molar refractivity (Wildman–Crippen MR) is 215 cm³/mol. The van der Waals surface area contributed by atoms with Crippen molar-refractivity contribution in [1.29, 1.82) is 0 Å². The van der Waals surface area contributed by atoms with Crippen molar-refractivity contribution in [3.8, 4) is 16.8 Å². The topological polar surface area (TPSA) is 21.3 Å². The molecule has 10 rings (SSSR count). The molecule has 1 aliphatic rings. The first-order chi connectivity index (χ1) is 25.2. The standard InChI is InChI=1S/C48H32N2O/c1-32-28-36(26-27-49(37-14-6-3-7-15-37)44-18-10-8-16-39(32)44)35-22-25-45-41(29-35)42-30-43-40-17-9-11-19-47(40)51-48(43)31-46(42)50(45)38-23-20-34(21-24-38)33-12-4-2-5-13-33/h2-31H,1H2/b27-26-,36-28+. The van der Waals surface area contributed by atoms with Crippen LogP contribution in [-0.4, -0.2) is 4.57 Å². The van der Waals surface area contributed by atoms with E-state index in [0.29, 0.717) is 0 Å². The van der Waals surface area contributed by atoms with E-state index in [4.69, 9.17) is 4.42 Å². The van der Waals surface area contributed by atoms with E-state index < -0.39 is 0 Å². The number of anilines is 2.